The molecule has 0 aliphatic carbocycles. The molecule has 0 saturated carbocycles. The van der Waals surface area contributed by atoms with Gasteiger partial charge in [-0.2, -0.15) is 13.2 Å². The van der Waals surface area contributed by atoms with Crippen molar-refractivity contribution in [3.05, 3.63) is 54.1 Å². The van der Waals surface area contributed by atoms with Gasteiger partial charge >= 0.3 is 6.18 Å². The number of benzene rings is 2. The Hall–Kier alpha value is -1.82. The van der Waals surface area contributed by atoms with Crippen molar-refractivity contribution in [1.82, 2.24) is 0 Å². The number of hydrogen-bond donors (Lipinski definition) is 0. The summed E-state index contributed by atoms with van der Waals surface area (Å²) in [5.74, 6) is 0. The zero-order valence-electron chi connectivity index (χ0n) is 10.5. The Morgan fingerprint density at radius 2 is 1.45 bits per heavy atom. The maximum absolute atomic E-state index is 12.9. The summed E-state index contributed by atoms with van der Waals surface area (Å²) in [7, 11) is -3.36. The molecule has 0 unspecified atom stereocenters. The quantitative estimate of drug-likeness (QED) is 0.846. The van der Waals surface area contributed by atoms with Gasteiger partial charge in [0.25, 0.3) is 0 Å². The molecular formula is C14H11F3O2S. The molecule has 0 heterocycles. The van der Waals surface area contributed by atoms with E-state index in [-0.39, 0.29) is 10.5 Å². The normalized spacial score (nSPS) is 12.4. The first-order chi connectivity index (χ1) is 9.19. The molecule has 20 heavy (non-hydrogen) atoms. The monoisotopic (exact) mass is 300 g/mol. The minimum Gasteiger partial charge on any atom is -0.224 e. The Morgan fingerprint density at radius 3 is 1.95 bits per heavy atom. The van der Waals surface area contributed by atoms with Crippen LogP contribution in [0.3, 0.4) is 0 Å². The van der Waals surface area contributed by atoms with Gasteiger partial charge in [-0.05, 0) is 29.3 Å². The molecule has 2 aromatic carbocycles. The van der Waals surface area contributed by atoms with Gasteiger partial charge in [0.2, 0.25) is 0 Å². The summed E-state index contributed by atoms with van der Waals surface area (Å²) in [6.45, 7) is 0. The third kappa shape index (κ3) is 3.01. The smallest absolute Gasteiger partial charge is 0.224 e. The lowest BCUT2D eigenvalue weighted by molar-refractivity contribution is -0.137. The SMILES string of the molecule is CS(=O)(=O)c1ccc(-c2ccccc2C(F)(F)F)cc1. The van der Waals surface area contributed by atoms with Crippen LogP contribution in [0.25, 0.3) is 11.1 Å². The van der Waals surface area contributed by atoms with Crippen molar-refractivity contribution in [3.8, 4) is 11.1 Å². The van der Waals surface area contributed by atoms with Crippen LogP contribution in [-0.4, -0.2) is 14.7 Å². The molecule has 0 radical (unpaired) electrons. The van der Waals surface area contributed by atoms with E-state index in [4.69, 9.17) is 0 Å². The van der Waals surface area contributed by atoms with E-state index in [9.17, 15) is 21.6 Å². The van der Waals surface area contributed by atoms with E-state index in [1.165, 1.54) is 42.5 Å². The van der Waals surface area contributed by atoms with Crippen molar-refractivity contribution in [2.24, 2.45) is 0 Å². The Kier molecular flexibility index (Phi) is 3.60. The van der Waals surface area contributed by atoms with E-state index in [2.05, 4.69) is 0 Å². The number of sulfone groups is 1. The lowest BCUT2D eigenvalue weighted by Crippen LogP contribution is -2.06. The second kappa shape index (κ2) is 4.94. The highest BCUT2D eigenvalue weighted by Crippen LogP contribution is 2.36. The molecule has 0 atom stereocenters. The molecule has 0 aromatic heterocycles. The van der Waals surface area contributed by atoms with Crippen LogP contribution in [0.5, 0.6) is 0 Å². The van der Waals surface area contributed by atoms with Gasteiger partial charge in [-0.3, -0.25) is 0 Å². The van der Waals surface area contributed by atoms with Crippen molar-refractivity contribution >= 4 is 9.84 Å². The first kappa shape index (κ1) is 14.6. The van der Waals surface area contributed by atoms with Crippen LogP contribution in [0.1, 0.15) is 5.56 Å². The van der Waals surface area contributed by atoms with Crippen LogP contribution in [0, 0.1) is 0 Å². The highest BCUT2D eigenvalue weighted by molar-refractivity contribution is 7.90. The molecule has 6 heteroatoms. The first-order valence-electron chi connectivity index (χ1n) is 5.66. The minimum atomic E-state index is -4.45. The van der Waals surface area contributed by atoms with Gasteiger partial charge in [0.1, 0.15) is 0 Å². The molecule has 0 aliphatic rings. The molecule has 0 bridgehead atoms. The number of halogens is 3. The van der Waals surface area contributed by atoms with E-state index < -0.39 is 21.6 Å². The van der Waals surface area contributed by atoms with Crippen molar-refractivity contribution in [1.29, 1.82) is 0 Å². The summed E-state index contributed by atoms with van der Waals surface area (Å²) >= 11 is 0. The Balaban J connectivity index is 2.53. The van der Waals surface area contributed by atoms with E-state index in [0.29, 0.717) is 5.56 Å². The van der Waals surface area contributed by atoms with Crippen LogP contribution < -0.4 is 0 Å². The molecule has 0 N–H and O–H groups in total. The fourth-order valence-electron chi connectivity index (χ4n) is 1.86. The molecule has 0 fully saturated rings. The molecular weight excluding hydrogens is 289 g/mol. The fourth-order valence-corrected chi connectivity index (χ4v) is 2.49. The zero-order chi connectivity index (χ0) is 15.0. The first-order valence-corrected chi connectivity index (χ1v) is 7.55. The van der Waals surface area contributed by atoms with Crippen LogP contribution in [0.4, 0.5) is 13.2 Å². The predicted octanol–water partition coefficient (Wildman–Crippen LogP) is 3.78. The van der Waals surface area contributed by atoms with Crippen LogP contribution in [0.2, 0.25) is 0 Å². The average molecular weight is 300 g/mol. The van der Waals surface area contributed by atoms with Gasteiger partial charge in [0.05, 0.1) is 10.5 Å². The van der Waals surface area contributed by atoms with Crippen molar-refractivity contribution in [2.45, 2.75) is 11.1 Å². The summed E-state index contributed by atoms with van der Waals surface area (Å²) in [5, 5.41) is 0. The van der Waals surface area contributed by atoms with Crippen LogP contribution in [-0.2, 0) is 16.0 Å². The van der Waals surface area contributed by atoms with Gasteiger partial charge < -0.3 is 0 Å². The largest absolute Gasteiger partial charge is 0.417 e. The summed E-state index contributed by atoms with van der Waals surface area (Å²) in [6.07, 6.45) is -3.40. The number of hydrogen-bond acceptors (Lipinski definition) is 2. The van der Waals surface area contributed by atoms with E-state index in [1.807, 2.05) is 0 Å². The van der Waals surface area contributed by atoms with E-state index in [0.717, 1.165) is 12.3 Å². The average Bonchev–Trinajstić information content (AvgIpc) is 2.37. The molecule has 2 rings (SSSR count). The molecule has 0 amide bonds. The topological polar surface area (TPSA) is 34.1 Å². The second-order valence-electron chi connectivity index (χ2n) is 4.34. The third-order valence-electron chi connectivity index (χ3n) is 2.83. The molecule has 0 spiro atoms. The molecule has 106 valence electrons. The van der Waals surface area contributed by atoms with Crippen molar-refractivity contribution < 1.29 is 21.6 Å². The fraction of sp³-hybridized carbons (Fsp3) is 0.143. The maximum Gasteiger partial charge on any atom is 0.417 e. The van der Waals surface area contributed by atoms with Gasteiger partial charge in [-0.15, -0.1) is 0 Å². The standard InChI is InChI=1S/C14H11F3O2S/c1-20(18,19)11-8-6-10(7-9-11)12-4-2-3-5-13(12)14(15,16)17/h2-9H,1H3. The Labute approximate surface area is 114 Å². The highest BCUT2D eigenvalue weighted by Gasteiger charge is 2.33. The zero-order valence-corrected chi connectivity index (χ0v) is 11.3. The minimum absolute atomic E-state index is 0.0278. The van der Waals surface area contributed by atoms with Gasteiger partial charge in [-0.1, -0.05) is 30.3 Å². The van der Waals surface area contributed by atoms with Crippen LogP contribution >= 0.6 is 0 Å². The Morgan fingerprint density at radius 1 is 0.900 bits per heavy atom. The van der Waals surface area contributed by atoms with Crippen LogP contribution in [0.15, 0.2) is 53.4 Å². The lowest BCUT2D eigenvalue weighted by Gasteiger charge is -2.13. The maximum atomic E-state index is 12.9. The predicted molar refractivity (Wildman–Crippen MR) is 70.0 cm³/mol. The van der Waals surface area contributed by atoms with Gasteiger partial charge in [0.15, 0.2) is 9.84 Å². The summed E-state index contributed by atoms with van der Waals surface area (Å²) in [4.78, 5) is 0.0748. The molecule has 2 aromatic rings. The van der Waals surface area contributed by atoms with E-state index in [1.54, 1.807) is 0 Å². The summed E-state index contributed by atoms with van der Waals surface area (Å²) in [5.41, 5.74) is -0.391. The van der Waals surface area contributed by atoms with Crippen molar-refractivity contribution in [2.75, 3.05) is 6.26 Å². The highest BCUT2D eigenvalue weighted by atomic mass is 32.2. The summed E-state index contributed by atoms with van der Waals surface area (Å²) in [6, 6.07) is 10.5. The number of alkyl halides is 3. The molecule has 2 nitrogen and oxygen atoms in total. The second-order valence-corrected chi connectivity index (χ2v) is 6.36. The van der Waals surface area contributed by atoms with Crippen molar-refractivity contribution in [3.63, 3.8) is 0 Å². The van der Waals surface area contributed by atoms with E-state index >= 15 is 0 Å². The van der Waals surface area contributed by atoms with Gasteiger partial charge in [0, 0.05) is 6.26 Å². The third-order valence-corrected chi connectivity index (χ3v) is 3.95. The number of rotatable bonds is 2. The van der Waals surface area contributed by atoms with Gasteiger partial charge in [-0.25, -0.2) is 8.42 Å². The molecule has 0 saturated heterocycles. The Bertz CT molecular complexity index is 717. The lowest BCUT2D eigenvalue weighted by atomic mass is 9.99. The summed E-state index contributed by atoms with van der Waals surface area (Å²) < 4.78 is 61.4. The molecule has 0 aliphatic heterocycles.